The number of aromatic hydroxyl groups is 1. The molecule has 0 aromatic carbocycles. The van der Waals surface area contributed by atoms with Crippen molar-refractivity contribution < 1.29 is 14.3 Å². The van der Waals surface area contributed by atoms with Crippen LogP contribution in [-0.4, -0.2) is 29.0 Å². The summed E-state index contributed by atoms with van der Waals surface area (Å²) in [5, 5.41) is 9.45. The molecule has 21 heavy (non-hydrogen) atoms. The predicted molar refractivity (Wildman–Crippen MR) is 74.9 cm³/mol. The van der Waals surface area contributed by atoms with Gasteiger partial charge in [-0.15, -0.1) is 0 Å². The number of likely N-dealkylation sites (tertiary alicyclic amines) is 1. The molecule has 3 aliphatic carbocycles. The van der Waals surface area contributed by atoms with Crippen LogP contribution in [0.2, 0.25) is 0 Å². The average molecular weight is 287 g/mol. The second kappa shape index (κ2) is 4.48. The van der Waals surface area contributed by atoms with Crippen molar-refractivity contribution in [3.8, 4) is 5.75 Å². The first kappa shape index (κ1) is 12.7. The quantitative estimate of drug-likeness (QED) is 0.797. The lowest BCUT2D eigenvalue weighted by Gasteiger charge is -2.40. The summed E-state index contributed by atoms with van der Waals surface area (Å²) < 4.78 is 4.93. The van der Waals surface area contributed by atoms with Crippen LogP contribution in [0, 0.1) is 23.7 Å². The lowest BCUT2D eigenvalue weighted by atomic mass is 9.64. The largest absolute Gasteiger partial charge is 0.508 e. The number of fused-ring (bicyclic) bond motifs is 1. The molecule has 5 nitrogen and oxygen atoms in total. The van der Waals surface area contributed by atoms with Gasteiger partial charge in [0, 0.05) is 19.2 Å². The molecule has 2 fully saturated rings. The first-order valence-electron chi connectivity index (χ1n) is 7.43. The topological polar surface area (TPSA) is 70.7 Å². The van der Waals surface area contributed by atoms with E-state index in [1.807, 2.05) is 0 Å². The summed E-state index contributed by atoms with van der Waals surface area (Å²) in [5.74, 6) is 1.62. The van der Waals surface area contributed by atoms with Crippen LogP contribution < -0.4 is 5.63 Å². The molecule has 1 N–H and O–H groups in total. The van der Waals surface area contributed by atoms with E-state index in [4.69, 9.17) is 4.42 Å². The van der Waals surface area contributed by atoms with E-state index in [1.165, 1.54) is 18.9 Å². The molecule has 0 radical (unpaired) electrons. The summed E-state index contributed by atoms with van der Waals surface area (Å²) in [4.78, 5) is 25.5. The molecule has 2 bridgehead atoms. The first-order valence-corrected chi connectivity index (χ1v) is 7.43. The third-order valence-corrected chi connectivity index (χ3v) is 5.20. The zero-order valence-corrected chi connectivity index (χ0v) is 11.6. The van der Waals surface area contributed by atoms with Crippen molar-refractivity contribution in [2.24, 2.45) is 23.7 Å². The Balaban J connectivity index is 1.58. The van der Waals surface area contributed by atoms with Gasteiger partial charge >= 0.3 is 5.63 Å². The molecular formula is C16H17NO4. The molecule has 1 amide bonds. The van der Waals surface area contributed by atoms with Gasteiger partial charge in [-0.2, -0.15) is 0 Å². The van der Waals surface area contributed by atoms with Crippen LogP contribution in [0.15, 0.2) is 33.5 Å². The van der Waals surface area contributed by atoms with E-state index >= 15 is 0 Å². The predicted octanol–water partition coefficient (Wildman–Crippen LogP) is 1.63. The Labute approximate surface area is 121 Å². The molecule has 1 saturated carbocycles. The number of allylic oxidation sites excluding steroid dienone is 2. The third-order valence-electron chi connectivity index (χ3n) is 5.20. The lowest BCUT2D eigenvalue weighted by molar-refractivity contribution is 0.0744. The average Bonchev–Trinajstić information content (AvgIpc) is 2.93. The molecule has 5 rings (SSSR count). The van der Waals surface area contributed by atoms with Crippen molar-refractivity contribution in [1.82, 2.24) is 4.90 Å². The van der Waals surface area contributed by atoms with Crippen LogP contribution in [0.4, 0.5) is 0 Å². The molecule has 0 unspecified atom stereocenters. The number of nitrogens with zero attached hydrogens (tertiary/aromatic N) is 1. The lowest BCUT2D eigenvalue weighted by Crippen LogP contribution is -2.35. The second-order valence-corrected chi connectivity index (χ2v) is 6.33. The minimum Gasteiger partial charge on any atom is -0.508 e. The molecule has 2 heterocycles. The molecule has 4 aliphatic rings. The molecule has 1 aliphatic heterocycles. The maximum atomic E-state index is 12.5. The number of hydrogen-bond acceptors (Lipinski definition) is 4. The monoisotopic (exact) mass is 287 g/mol. The van der Waals surface area contributed by atoms with Gasteiger partial charge in [0.15, 0.2) is 5.76 Å². The van der Waals surface area contributed by atoms with Gasteiger partial charge in [-0.25, -0.2) is 4.79 Å². The minimum atomic E-state index is -0.698. The minimum absolute atomic E-state index is 0.0704. The Morgan fingerprint density at radius 3 is 2.29 bits per heavy atom. The maximum Gasteiger partial charge on any atom is 0.340 e. The molecule has 5 heteroatoms. The number of rotatable bonds is 1. The van der Waals surface area contributed by atoms with Gasteiger partial charge in [-0.05, 0) is 36.5 Å². The summed E-state index contributed by atoms with van der Waals surface area (Å²) in [6, 6.07) is 2.18. The van der Waals surface area contributed by atoms with E-state index < -0.39 is 5.63 Å². The van der Waals surface area contributed by atoms with E-state index in [0.717, 1.165) is 6.07 Å². The van der Waals surface area contributed by atoms with Crippen molar-refractivity contribution in [2.45, 2.75) is 12.8 Å². The SMILES string of the molecule is O=C(c1cc(O)cc(=O)o1)N1C[C@@H]2[C@H](C1)[C@H]1C=C[C@@H]2CC1. The van der Waals surface area contributed by atoms with Gasteiger partial charge in [-0.1, -0.05) is 12.2 Å². The Morgan fingerprint density at radius 1 is 1.14 bits per heavy atom. The van der Waals surface area contributed by atoms with Crippen LogP contribution in [0.5, 0.6) is 5.75 Å². The molecular weight excluding hydrogens is 270 g/mol. The Morgan fingerprint density at radius 2 is 1.76 bits per heavy atom. The van der Waals surface area contributed by atoms with E-state index in [-0.39, 0.29) is 17.4 Å². The second-order valence-electron chi connectivity index (χ2n) is 6.33. The standard InChI is InChI=1S/C16H17NO4/c18-11-5-14(21-15(19)6-11)16(20)17-7-12-9-1-2-10(4-3-9)13(12)8-17/h1-2,5-6,9-10,12-13,18H,3-4,7-8H2/t9-,10+,12+,13-. The molecule has 4 atom stereocenters. The molecule has 1 saturated heterocycles. The number of hydrogen-bond donors (Lipinski definition) is 1. The molecule has 110 valence electrons. The smallest absolute Gasteiger partial charge is 0.340 e. The van der Waals surface area contributed by atoms with Gasteiger partial charge < -0.3 is 14.4 Å². The van der Waals surface area contributed by atoms with Crippen LogP contribution in [0.1, 0.15) is 23.4 Å². The fourth-order valence-corrected chi connectivity index (χ4v) is 4.23. The van der Waals surface area contributed by atoms with Crippen molar-refractivity contribution in [2.75, 3.05) is 13.1 Å². The van der Waals surface area contributed by atoms with E-state index in [2.05, 4.69) is 12.2 Å². The van der Waals surface area contributed by atoms with Gasteiger partial charge in [0.1, 0.15) is 5.75 Å². The van der Waals surface area contributed by atoms with Crippen LogP contribution >= 0.6 is 0 Å². The zero-order chi connectivity index (χ0) is 14.6. The van der Waals surface area contributed by atoms with Crippen molar-refractivity contribution in [1.29, 1.82) is 0 Å². The highest BCUT2D eigenvalue weighted by atomic mass is 16.4. The maximum absolute atomic E-state index is 12.5. The summed E-state index contributed by atoms with van der Waals surface area (Å²) in [6.07, 6.45) is 7.03. The Hall–Kier alpha value is -2.04. The number of carbonyl (C=O) groups is 1. The van der Waals surface area contributed by atoms with Crippen LogP contribution in [-0.2, 0) is 0 Å². The Bertz CT molecular complexity index is 655. The van der Waals surface area contributed by atoms with Gasteiger partial charge in [0.25, 0.3) is 5.91 Å². The number of carbonyl (C=O) groups excluding carboxylic acids is 1. The fraction of sp³-hybridized carbons (Fsp3) is 0.500. The Kier molecular flexibility index (Phi) is 2.71. The van der Waals surface area contributed by atoms with Gasteiger partial charge in [0.05, 0.1) is 6.07 Å². The molecule has 1 aromatic heterocycles. The fourth-order valence-electron chi connectivity index (χ4n) is 4.23. The normalized spacial score (nSPS) is 33.2. The first-order chi connectivity index (χ1) is 10.1. The van der Waals surface area contributed by atoms with Crippen molar-refractivity contribution in [3.63, 3.8) is 0 Å². The van der Waals surface area contributed by atoms with Gasteiger partial charge in [0.2, 0.25) is 0 Å². The van der Waals surface area contributed by atoms with Crippen molar-refractivity contribution >= 4 is 5.91 Å². The summed E-state index contributed by atoms with van der Waals surface area (Å²) in [6.45, 7) is 1.43. The van der Waals surface area contributed by atoms with Crippen molar-refractivity contribution in [3.05, 3.63) is 40.5 Å². The highest BCUT2D eigenvalue weighted by Crippen LogP contribution is 2.48. The number of amides is 1. The van der Waals surface area contributed by atoms with Crippen LogP contribution in [0.25, 0.3) is 0 Å². The summed E-state index contributed by atoms with van der Waals surface area (Å²) >= 11 is 0. The highest BCUT2D eigenvalue weighted by Gasteiger charge is 2.47. The summed E-state index contributed by atoms with van der Waals surface area (Å²) in [5.41, 5.74) is -0.698. The van der Waals surface area contributed by atoms with Gasteiger partial charge in [-0.3, -0.25) is 4.79 Å². The van der Waals surface area contributed by atoms with E-state index in [9.17, 15) is 14.7 Å². The third kappa shape index (κ3) is 1.99. The molecule has 1 aromatic rings. The highest BCUT2D eigenvalue weighted by molar-refractivity contribution is 5.91. The van der Waals surface area contributed by atoms with E-state index in [1.54, 1.807) is 4.90 Å². The summed E-state index contributed by atoms with van der Waals surface area (Å²) in [7, 11) is 0. The van der Waals surface area contributed by atoms with E-state index in [0.29, 0.717) is 36.8 Å². The van der Waals surface area contributed by atoms with Crippen LogP contribution in [0.3, 0.4) is 0 Å². The zero-order valence-electron chi connectivity index (χ0n) is 11.6. The molecule has 0 spiro atoms.